The molecular weight excluding hydrogens is 309 g/mol. The Morgan fingerprint density at radius 2 is 2.08 bits per heavy atom. The van der Waals surface area contributed by atoms with E-state index in [1.54, 1.807) is 25.1 Å². The number of anilines is 2. The molecule has 0 aromatic heterocycles. The number of halogens is 1. The van der Waals surface area contributed by atoms with Gasteiger partial charge in [-0.15, -0.1) is 0 Å². The maximum Gasteiger partial charge on any atom is 0.251 e. The normalized spacial score (nSPS) is 13.7. The zero-order valence-corrected chi connectivity index (χ0v) is 14.5. The summed E-state index contributed by atoms with van der Waals surface area (Å²) in [5.41, 5.74) is 2.52. The van der Waals surface area contributed by atoms with Crippen molar-refractivity contribution in [3.63, 3.8) is 0 Å². The molecule has 0 aliphatic carbocycles. The van der Waals surface area contributed by atoms with Crippen molar-refractivity contribution < 1.29 is 9.18 Å². The van der Waals surface area contributed by atoms with Gasteiger partial charge in [0.05, 0.1) is 17.9 Å². The second kappa shape index (κ2) is 9.60. The molecule has 0 fully saturated rings. The maximum absolute atomic E-state index is 13.1. The molecule has 1 amide bonds. The molecule has 1 N–H and O–H groups in total. The van der Waals surface area contributed by atoms with E-state index in [0.29, 0.717) is 5.56 Å². The van der Waals surface area contributed by atoms with Crippen molar-refractivity contribution in [1.82, 2.24) is 5.32 Å². The van der Waals surface area contributed by atoms with E-state index in [1.165, 1.54) is 12.2 Å². The minimum absolute atomic E-state index is 0.0123. The molecule has 1 atom stereocenters. The molecule has 1 aliphatic rings. The molecule has 1 aromatic rings. The number of allylic oxidation sites excluding steroid dienone is 3. The first kappa shape index (κ1) is 19.5. The second-order valence-electron chi connectivity index (χ2n) is 4.96. The highest BCUT2D eigenvalue weighted by atomic mass is 19.1. The van der Waals surface area contributed by atoms with Gasteiger partial charge in [0.1, 0.15) is 5.83 Å². The molecule has 24 heavy (non-hydrogen) atoms. The minimum Gasteiger partial charge on any atom is -0.350 e. The van der Waals surface area contributed by atoms with E-state index in [2.05, 4.69) is 10.5 Å². The van der Waals surface area contributed by atoms with E-state index >= 15 is 0 Å². The van der Waals surface area contributed by atoms with Crippen LogP contribution in [0.25, 0.3) is 0 Å². The standard InChI is InChI=1S/C16H18FN3O2.C2H6/c1-3-13(17)6-4-11(2)20-14-7-5-12(10-15(14)20)16(21)18-8-9-19-22;1-2/h3-7,10-11H,8-9H2,1-2H3,(H,18,21);1-2H3/b6-4-,13-3+;. The molecule has 0 radical (unpaired) electrons. The second-order valence-corrected chi connectivity index (χ2v) is 4.96. The van der Waals surface area contributed by atoms with Crippen LogP contribution in [0.3, 0.4) is 0 Å². The predicted molar refractivity (Wildman–Crippen MR) is 96.4 cm³/mol. The Morgan fingerprint density at radius 1 is 1.38 bits per heavy atom. The third kappa shape index (κ3) is 5.01. The lowest BCUT2D eigenvalue weighted by Gasteiger charge is -2.08. The van der Waals surface area contributed by atoms with Gasteiger partial charge in [0, 0.05) is 18.2 Å². The van der Waals surface area contributed by atoms with Crippen molar-refractivity contribution in [2.75, 3.05) is 18.0 Å². The first-order chi connectivity index (χ1) is 11.6. The van der Waals surface area contributed by atoms with E-state index in [4.69, 9.17) is 0 Å². The average Bonchev–Trinajstić information content (AvgIpc) is 3.34. The predicted octanol–water partition coefficient (Wildman–Crippen LogP) is 4.48. The number of carbonyl (C=O) groups is 1. The van der Waals surface area contributed by atoms with E-state index < -0.39 is 0 Å². The number of nitroso groups, excluding NO2 is 1. The summed E-state index contributed by atoms with van der Waals surface area (Å²) in [6, 6.07) is 5.39. The van der Waals surface area contributed by atoms with Crippen LogP contribution in [0.15, 0.2) is 47.4 Å². The van der Waals surface area contributed by atoms with Crippen LogP contribution in [0.4, 0.5) is 15.8 Å². The zero-order chi connectivity index (χ0) is 18.1. The first-order valence-electron chi connectivity index (χ1n) is 8.09. The van der Waals surface area contributed by atoms with Gasteiger partial charge in [0.15, 0.2) is 0 Å². The smallest absolute Gasteiger partial charge is 0.251 e. The molecule has 1 aliphatic heterocycles. The number of amides is 1. The molecule has 1 heterocycles. The van der Waals surface area contributed by atoms with Crippen molar-refractivity contribution in [2.24, 2.45) is 5.18 Å². The third-order valence-corrected chi connectivity index (χ3v) is 3.41. The fourth-order valence-corrected chi connectivity index (χ4v) is 2.19. The van der Waals surface area contributed by atoms with E-state index in [0.717, 1.165) is 11.4 Å². The monoisotopic (exact) mass is 333 g/mol. The van der Waals surface area contributed by atoms with Crippen LogP contribution in [-0.4, -0.2) is 25.0 Å². The van der Waals surface area contributed by atoms with Gasteiger partial charge in [-0.2, -0.15) is 4.91 Å². The highest BCUT2D eigenvalue weighted by Gasteiger charge is 2.32. The molecule has 130 valence electrons. The third-order valence-electron chi connectivity index (χ3n) is 3.41. The van der Waals surface area contributed by atoms with E-state index in [-0.39, 0.29) is 30.9 Å². The van der Waals surface area contributed by atoms with Crippen molar-refractivity contribution >= 4 is 17.3 Å². The number of nitrogens with one attached hydrogen (secondary N) is 1. The van der Waals surface area contributed by atoms with Gasteiger partial charge < -0.3 is 10.2 Å². The number of nitrogens with zero attached hydrogens (tertiary/aromatic N) is 2. The summed E-state index contributed by atoms with van der Waals surface area (Å²) in [6.45, 7) is 7.88. The Labute approximate surface area is 142 Å². The summed E-state index contributed by atoms with van der Waals surface area (Å²) in [7, 11) is 0. The zero-order valence-electron chi connectivity index (χ0n) is 14.5. The Balaban J connectivity index is 0.00000139. The molecule has 2 rings (SSSR count). The van der Waals surface area contributed by atoms with Crippen LogP contribution in [0, 0.1) is 4.91 Å². The molecule has 0 spiro atoms. The maximum atomic E-state index is 13.1. The number of carbonyl (C=O) groups excluding carboxylic acids is 1. The summed E-state index contributed by atoms with van der Waals surface area (Å²) in [5, 5.41) is 5.31. The summed E-state index contributed by atoms with van der Waals surface area (Å²) in [4.78, 5) is 23.9. The Kier molecular flexibility index (Phi) is 7.82. The number of hydrogen-bond donors (Lipinski definition) is 1. The summed E-state index contributed by atoms with van der Waals surface area (Å²) < 4.78 is 13.1. The van der Waals surface area contributed by atoms with Crippen LogP contribution >= 0.6 is 0 Å². The SMILES string of the molecule is C/C=C(F)\C=C/C(C)N1c2ccc(C(=O)NCCN=O)cc21.CC. The Morgan fingerprint density at radius 3 is 2.71 bits per heavy atom. The Bertz CT molecular complexity index is 641. The number of fused-ring (bicyclic) bond motifs is 1. The van der Waals surface area contributed by atoms with Crippen LogP contribution in [-0.2, 0) is 0 Å². The number of hydrogen-bond acceptors (Lipinski definition) is 4. The lowest BCUT2D eigenvalue weighted by molar-refractivity contribution is 0.0955. The van der Waals surface area contributed by atoms with Crippen LogP contribution in [0.1, 0.15) is 38.1 Å². The molecule has 6 heteroatoms. The van der Waals surface area contributed by atoms with Crippen molar-refractivity contribution in [2.45, 2.75) is 33.7 Å². The highest BCUT2D eigenvalue weighted by Crippen LogP contribution is 2.50. The van der Waals surface area contributed by atoms with Gasteiger partial charge in [0.2, 0.25) is 0 Å². The number of benzene rings is 1. The fraction of sp³-hybridized carbons (Fsp3) is 0.389. The van der Waals surface area contributed by atoms with Crippen LogP contribution < -0.4 is 10.2 Å². The van der Waals surface area contributed by atoms with Crippen molar-refractivity contribution in [3.8, 4) is 0 Å². The van der Waals surface area contributed by atoms with Gasteiger partial charge in [-0.1, -0.05) is 31.2 Å². The highest BCUT2D eigenvalue weighted by molar-refractivity contribution is 6.02. The molecule has 0 saturated carbocycles. The number of rotatable bonds is 7. The minimum atomic E-state index is -0.276. The summed E-state index contributed by atoms with van der Waals surface area (Å²) in [6.07, 6.45) is 4.60. The van der Waals surface area contributed by atoms with Gasteiger partial charge >= 0.3 is 0 Å². The Hall–Kier alpha value is -2.50. The van der Waals surface area contributed by atoms with Crippen molar-refractivity contribution in [1.29, 1.82) is 0 Å². The summed E-state index contributed by atoms with van der Waals surface area (Å²) >= 11 is 0. The largest absolute Gasteiger partial charge is 0.350 e. The molecule has 0 saturated heterocycles. The van der Waals surface area contributed by atoms with Gasteiger partial charge in [-0.3, -0.25) is 4.79 Å². The average molecular weight is 333 g/mol. The summed E-state index contributed by atoms with van der Waals surface area (Å²) in [5.74, 6) is -0.511. The van der Waals surface area contributed by atoms with Gasteiger partial charge in [0.25, 0.3) is 5.91 Å². The van der Waals surface area contributed by atoms with Gasteiger partial charge in [-0.25, -0.2) is 4.39 Å². The lowest BCUT2D eigenvalue weighted by atomic mass is 10.2. The van der Waals surface area contributed by atoms with Crippen LogP contribution in [0.2, 0.25) is 0 Å². The quantitative estimate of drug-likeness (QED) is 0.346. The van der Waals surface area contributed by atoms with Gasteiger partial charge in [-0.05, 0) is 38.1 Å². The topological polar surface area (TPSA) is 61.5 Å². The fourth-order valence-electron chi connectivity index (χ4n) is 2.19. The molecule has 1 unspecified atom stereocenters. The molecule has 0 bridgehead atoms. The first-order valence-corrected chi connectivity index (χ1v) is 8.09. The lowest BCUT2D eigenvalue weighted by Crippen LogP contribution is -2.25. The van der Waals surface area contributed by atoms with E-state index in [9.17, 15) is 14.1 Å². The van der Waals surface area contributed by atoms with Crippen LogP contribution in [0.5, 0.6) is 0 Å². The molecule has 1 aromatic carbocycles. The van der Waals surface area contributed by atoms with E-state index in [1.807, 2.05) is 31.7 Å². The molecule has 5 nitrogen and oxygen atoms in total. The molecular formula is C18H24FN3O2. The van der Waals surface area contributed by atoms with Crippen molar-refractivity contribution in [3.05, 3.63) is 52.7 Å².